The molecule has 0 radical (unpaired) electrons. The highest BCUT2D eigenvalue weighted by atomic mass is 19.4. The van der Waals surface area contributed by atoms with E-state index in [0.717, 1.165) is 31.6 Å². The molecular weight excluding hydrogens is 271 g/mol. The fourth-order valence-corrected chi connectivity index (χ4v) is 2.25. The maximum atomic E-state index is 12.9. The standard InChI is InChI=1S/C13H16F3N3O/c14-13(15,16)11-5-9(1-2-10(11)12(17)20)19-7-8-3-4-18-6-8/h1-2,5,8,18-19H,3-4,6-7H2,(H2,17,20). The van der Waals surface area contributed by atoms with Crippen molar-refractivity contribution in [3.05, 3.63) is 29.3 Å². The molecule has 0 saturated carbocycles. The van der Waals surface area contributed by atoms with Crippen LogP contribution in [-0.2, 0) is 6.18 Å². The third-order valence-corrected chi connectivity index (χ3v) is 3.35. The molecule has 1 aromatic rings. The van der Waals surface area contributed by atoms with Crippen molar-refractivity contribution in [2.45, 2.75) is 12.6 Å². The highest BCUT2D eigenvalue weighted by Gasteiger charge is 2.35. The molecule has 1 saturated heterocycles. The number of hydrogen-bond donors (Lipinski definition) is 3. The number of carbonyl (C=O) groups excluding carboxylic acids is 1. The minimum atomic E-state index is -4.60. The zero-order chi connectivity index (χ0) is 14.8. The van der Waals surface area contributed by atoms with E-state index in [9.17, 15) is 18.0 Å². The van der Waals surface area contributed by atoms with Gasteiger partial charge in [-0.1, -0.05) is 0 Å². The smallest absolute Gasteiger partial charge is 0.385 e. The number of anilines is 1. The van der Waals surface area contributed by atoms with E-state index in [1.807, 2.05) is 0 Å². The molecule has 0 aliphatic carbocycles. The fourth-order valence-electron chi connectivity index (χ4n) is 2.25. The molecular formula is C13H16F3N3O. The molecule has 1 heterocycles. The summed E-state index contributed by atoms with van der Waals surface area (Å²) in [6, 6.07) is 3.49. The summed E-state index contributed by atoms with van der Waals surface area (Å²) >= 11 is 0. The van der Waals surface area contributed by atoms with Crippen molar-refractivity contribution in [2.24, 2.45) is 11.7 Å². The zero-order valence-corrected chi connectivity index (χ0v) is 10.8. The van der Waals surface area contributed by atoms with E-state index >= 15 is 0 Å². The number of rotatable bonds is 4. The Morgan fingerprint density at radius 3 is 2.75 bits per heavy atom. The number of amides is 1. The molecule has 1 amide bonds. The lowest BCUT2D eigenvalue weighted by Crippen LogP contribution is -2.20. The van der Waals surface area contributed by atoms with Crippen molar-refractivity contribution in [1.29, 1.82) is 0 Å². The second kappa shape index (κ2) is 5.70. The summed E-state index contributed by atoms with van der Waals surface area (Å²) < 4.78 is 38.7. The summed E-state index contributed by atoms with van der Waals surface area (Å²) in [5, 5.41) is 6.16. The Morgan fingerprint density at radius 2 is 2.20 bits per heavy atom. The summed E-state index contributed by atoms with van der Waals surface area (Å²) in [4.78, 5) is 11.0. The Bertz CT molecular complexity index is 496. The van der Waals surface area contributed by atoms with Crippen LogP contribution in [0.4, 0.5) is 18.9 Å². The van der Waals surface area contributed by atoms with Crippen molar-refractivity contribution >= 4 is 11.6 Å². The number of halogens is 3. The van der Waals surface area contributed by atoms with Crippen molar-refractivity contribution in [2.75, 3.05) is 25.0 Å². The summed E-state index contributed by atoms with van der Waals surface area (Å²) in [7, 11) is 0. The SMILES string of the molecule is NC(=O)c1ccc(NCC2CCNC2)cc1C(F)(F)F. The normalized spacial score (nSPS) is 19.1. The molecule has 110 valence electrons. The van der Waals surface area contributed by atoms with Crippen LogP contribution >= 0.6 is 0 Å². The molecule has 4 N–H and O–H groups in total. The Hall–Kier alpha value is -1.76. The van der Waals surface area contributed by atoms with Crippen LogP contribution in [0.25, 0.3) is 0 Å². The first kappa shape index (κ1) is 14.6. The summed E-state index contributed by atoms with van der Waals surface area (Å²) in [5.41, 5.74) is 3.80. The van der Waals surface area contributed by atoms with E-state index in [4.69, 9.17) is 5.73 Å². The lowest BCUT2D eigenvalue weighted by molar-refractivity contribution is -0.137. The van der Waals surface area contributed by atoms with Crippen LogP contribution in [0.1, 0.15) is 22.3 Å². The average Bonchev–Trinajstić information content (AvgIpc) is 2.88. The lowest BCUT2D eigenvalue weighted by atomic mass is 10.0. The van der Waals surface area contributed by atoms with E-state index in [-0.39, 0.29) is 0 Å². The van der Waals surface area contributed by atoms with Gasteiger partial charge in [-0.3, -0.25) is 4.79 Å². The van der Waals surface area contributed by atoms with E-state index < -0.39 is 23.2 Å². The van der Waals surface area contributed by atoms with Gasteiger partial charge in [0.2, 0.25) is 5.91 Å². The molecule has 0 spiro atoms. The number of hydrogen-bond acceptors (Lipinski definition) is 3. The first-order valence-electron chi connectivity index (χ1n) is 6.33. The van der Waals surface area contributed by atoms with Gasteiger partial charge >= 0.3 is 6.18 Å². The molecule has 0 bridgehead atoms. The van der Waals surface area contributed by atoms with E-state index in [1.54, 1.807) is 0 Å². The van der Waals surface area contributed by atoms with Gasteiger partial charge in [0.15, 0.2) is 0 Å². The Kier molecular flexibility index (Phi) is 4.17. The molecule has 1 unspecified atom stereocenters. The fraction of sp³-hybridized carbons (Fsp3) is 0.462. The average molecular weight is 287 g/mol. The van der Waals surface area contributed by atoms with E-state index in [2.05, 4.69) is 10.6 Å². The van der Waals surface area contributed by atoms with Gasteiger partial charge in [0.25, 0.3) is 0 Å². The summed E-state index contributed by atoms with van der Waals surface area (Å²) in [6.07, 6.45) is -3.60. The first-order chi connectivity index (χ1) is 9.38. The van der Waals surface area contributed by atoms with Gasteiger partial charge in [0, 0.05) is 12.2 Å². The molecule has 7 heteroatoms. The van der Waals surface area contributed by atoms with Crippen LogP contribution in [0.2, 0.25) is 0 Å². The molecule has 1 atom stereocenters. The second-order valence-electron chi connectivity index (χ2n) is 4.86. The van der Waals surface area contributed by atoms with Crippen LogP contribution < -0.4 is 16.4 Å². The minimum Gasteiger partial charge on any atom is -0.385 e. The lowest BCUT2D eigenvalue weighted by Gasteiger charge is -2.15. The van der Waals surface area contributed by atoms with E-state index in [0.29, 0.717) is 18.2 Å². The predicted octanol–water partition coefficient (Wildman–Crippen LogP) is 1.83. The number of alkyl halides is 3. The number of benzene rings is 1. The molecule has 1 aliphatic heterocycles. The summed E-state index contributed by atoms with van der Waals surface area (Å²) in [6.45, 7) is 2.39. The highest BCUT2D eigenvalue weighted by Crippen LogP contribution is 2.33. The first-order valence-corrected chi connectivity index (χ1v) is 6.33. The zero-order valence-electron chi connectivity index (χ0n) is 10.8. The van der Waals surface area contributed by atoms with Crippen molar-refractivity contribution in [1.82, 2.24) is 5.32 Å². The molecule has 2 rings (SSSR count). The van der Waals surface area contributed by atoms with Crippen LogP contribution in [0.3, 0.4) is 0 Å². The van der Waals surface area contributed by atoms with Gasteiger partial charge < -0.3 is 16.4 Å². The molecule has 0 aromatic heterocycles. The van der Waals surface area contributed by atoms with Crippen LogP contribution in [0, 0.1) is 5.92 Å². The van der Waals surface area contributed by atoms with E-state index in [1.165, 1.54) is 6.07 Å². The maximum Gasteiger partial charge on any atom is 0.417 e. The van der Waals surface area contributed by atoms with Gasteiger partial charge in [-0.15, -0.1) is 0 Å². The van der Waals surface area contributed by atoms with Gasteiger partial charge in [0.05, 0.1) is 11.1 Å². The predicted molar refractivity (Wildman–Crippen MR) is 69.4 cm³/mol. The Morgan fingerprint density at radius 1 is 1.45 bits per heavy atom. The third kappa shape index (κ3) is 3.41. The summed E-state index contributed by atoms with van der Waals surface area (Å²) in [5.74, 6) is -0.677. The quantitative estimate of drug-likeness (QED) is 0.791. The largest absolute Gasteiger partial charge is 0.417 e. The minimum absolute atomic E-state index is 0.342. The van der Waals surface area contributed by atoms with Crippen molar-refractivity contribution in [3.8, 4) is 0 Å². The van der Waals surface area contributed by atoms with Crippen LogP contribution in [0.5, 0.6) is 0 Å². The Balaban J connectivity index is 2.16. The van der Waals surface area contributed by atoms with Crippen LogP contribution in [0.15, 0.2) is 18.2 Å². The number of primary amides is 1. The second-order valence-corrected chi connectivity index (χ2v) is 4.86. The molecule has 20 heavy (non-hydrogen) atoms. The third-order valence-electron chi connectivity index (χ3n) is 3.35. The number of nitrogens with two attached hydrogens (primary N) is 1. The number of carbonyl (C=O) groups is 1. The highest BCUT2D eigenvalue weighted by molar-refractivity contribution is 5.95. The molecule has 1 aliphatic rings. The molecule has 1 aromatic carbocycles. The number of nitrogens with one attached hydrogen (secondary N) is 2. The van der Waals surface area contributed by atoms with Gasteiger partial charge in [-0.25, -0.2) is 0 Å². The van der Waals surface area contributed by atoms with Crippen LogP contribution in [-0.4, -0.2) is 25.5 Å². The molecule has 1 fully saturated rings. The van der Waals surface area contributed by atoms with Gasteiger partial charge in [-0.2, -0.15) is 13.2 Å². The van der Waals surface area contributed by atoms with Crippen molar-refractivity contribution < 1.29 is 18.0 Å². The molecule has 4 nitrogen and oxygen atoms in total. The topological polar surface area (TPSA) is 67.2 Å². The van der Waals surface area contributed by atoms with Gasteiger partial charge in [-0.05, 0) is 43.6 Å². The van der Waals surface area contributed by atoms with Crippen molar-refractivity contribution in [3.63, 3.8) is 0 Å². The maximum absolute atomic E-state index is 12.9. The monoisotopic (exact) mass is 287 g/mol. The van der Waals surface area contributed by atoms with Gasteiger partial charge in [0.1, 0.15) is 0 Å². The Labute approximate surface area is 114 Å².